The fraction of sp³-hybridized carbons (Fsp3) is 0.120. The van der Waals surface area contributed by atoms with Crippen molar-refractivity contribution in [3.05, 3.63) is 97.3 Å². The summed E-state index contributed by atoms with van der Waals surface area (Å²) in [6, 6.07) is 18.7. The third-order valence-corrected chi connectivity index (χ3v) is 6.56. The summed E-state index contributed by atoms with van der Waals surface area (Å²) < 4.78 is 5.81. The molecule has 1 aliphatic heterocycles. The Morgan fingerprint density at radius 1 is 0.970 bits per heavy atom. The summed E-state index contributed by atoms with van der Waals surface area (Å²) in [5.41, 5.74) is 3.64. The minimum atomic E-state index is -0.223. The molecule has 1 saturated heterocycles. The van der Waals surface area contributed by atoms with Crippen molar-refractivity contribution in [3.63, 3.8) is 0 Å². The number of halogens is 3. The van der Waals surface area contributed by atoms with E-state index in [4.69, 9.17) is 39.5 Å². The van der Waals surface area contributed by atoms with E-state index in [0.717, 1.165) is 17.7 Å². The fourth-order valence-electron chi connectivity index (χ4n) is 3.09. The molecule has 3 aromatic carbocycles. The van der Waals surface area contributed by atoms with E-state index in [2.05, 4.69) is 17.2 Å². The molecule has 8 heteroatoms. The molecule has 168 valence electrons. The Labute approximate surface area is 211 Å². The zero-order valence-electron chi connectivity index (χ0n) is 17.6. The predicted octanol–water partition coefficient (Wildman–Crippen LogP) is 7.68. The molecule has 0 unspecified atom stereocenters. The molecule has 0 aromatic heterocycles. The number of carbonyl (C=O) groups is 1. The first kappa shape index (κ1) is 23.7. The van der Waals surface area contributed by atoms with Gasteiger partial charge in [-0.25, -0.2) is 4.99 Å². The SMILES string of the molecule is CCc1ccc(N=C2NC(=O)/C(=C/c3cc(Cl)c(OCc4ccc(Cl)cc4)c(Cl)c3)S2)cc1. The summed E-state index contributed by atoms with van der Waals surface area (Å²) in [7, 11) is 0. The van der Waals surface area contributed by atoms with Crippen LogP contribution in [0.3, 0.4) is 0 Å². The Kier molecular flexibility index (Phi) is 7.66. The van der Waals surface area contributed by atoms with Crippen LogP contribution in [0.2, 0.25) is 15.1 Å². The summed E-state index contributed by atoms with van der Waals surface area (Å²) in [5.74, 6) is 0.163. The molecule has 0 spiro atoms. The summed E-state index contributed by atoms with van der Waals surface area (Å²) in [6.45, 7) is 2.40. The number of rotatable bonds is 6. The maximum atomic E-state index is 12.4. The molecule has 1 fully saturated rings. The Bertz CT molecular complexity index is 1220. The van der Waals surface area contributed by atoms with Gasteiger partial charge in [-0.1, -0.05) is 66.0 Å². The van der Waals surface area contributed by atoms with E-state index in [-0.39, 0.29) is 5.91 Å². The van der Waals surface area contributed by atoms with Crippen molar-refractivity contribution in [3.8, 4) is 5.75 Å². The number of nitrogens with one attached hydrogen (secondary N) is 1. The standard InChI is InChI=1S/C25H19Cl3N2O2S/c1-2-15-5-9-19(10-6-15)29-25-30-24(31)22(33-25)13-17-11-20(27)23(21(28)12-17)32-14-16-3-7-18(26)8-4-16/h3-13H,2,14H2,1H3,(H,29,30,31)/b22-13-. The van der Waals surface area contributed by atoms with Gasteiger partial charge in [0.05, 0.1) is 20.6 Å². The molecular weight excluding hydrogens is 499 g/mol. The normalized spacial score (nSPS) is 15.8. The number of carbonyl (C=O) groups excluding carboxylic acids is 1. The third kappa shape index (κ3) is 6.12. The van der Waals surface area contributed by atoms with E-state index in [0.29, 0.717) is 43.1 Å². The van der Waals surface area contributed by atoms with E-state index >= 15 is 0 Å². The monoisotopic (exact) mass is 516 g/mol. The first-order chi connectivity index (χ1) is 15.9. The number of nitrogens with zero attached hydrogens (tertiary/aromatic N) is 1. The molecule has 33 heavy (non-hydrogen) atoms. The van der Waals surface area contributed by atoms with Gasteiger partial charge in [0, 0.05) is 5.02 Å². The Hall–Kier alpha value is -2.44. The van der Waals surface area contributed by atoms with Gasteiger partial charge in [0.2, 0.25) is 0 Å². The molecule has 0 radical (unpaired) electrons. The average Bonchev–Trinajstić information content (AvgIpc) is 3.13. The molecule has 0 atom stereocenters. The second-order valence-electron chi connectivity index (χ2n) is 7.23. The smallest absolute Gasteiger partial charge is 0.264 e. The number of amidine groups is 1. The highest BCUT2D eigenvalue weighted by Crippen LogP contribution is 2.37. The molecule has 0 bridgehead atoms. The molecule has 1 N–H and O–H groups in total. The van der Waals surface area contributed by atoms with E-state index in [1.807, 2.05) is 36.4 Å². The van der Waals surface area contributed by atoms with Crippen molar-refractivity contribution < 1.29 is 9.53 Å². The number of aryl methyl sites for hydroxylation is 1. The van der Waals surface area contributed by atoms with Crippen molar-refractivity contribution in [1.29, 1.82) is 0 Å². The summed E-state index contributed by atoms with van der Waals surface area (Å²) in [4.78, 5) is 17.4. The number of aliphatic imine (C=N–C) groups is 1. The number of amides is 1. The fourth-order valence-corrected chi connectivity index (χ4v) is 4.67. The molecule has 0 saturated carbocycles. The van der Waals surface area contributed by atoms with Gasteiger partial charge in [-0.3, -0.25) is 4.79 Å². The number of ether oxygens (including phenoxy) is 1. The first-order valence-electron chi connectivity index (χ1n) is 10.2. The number of hydrogen-bond acceptors (Lipinski definition) is 4. The van der Waals surface area contributed by atoms with Gasteiger partial charge in [0.1, 0.15) is 6.61 Å². The van der Waals surface area contributed by atoms with E-state index in [1.54, 1.807) is 30.3 Å². The van der Waals surface area contributed by atoms with Crippen LogP contribution in [-0.4, -0.2) is 11.1 Å². The summed E-state index contributed by atoms with van der Waals surface area (Å²) in [5, 5.41) is 4.69. The van der Waals surface area contributed by atoms with Gasteiger partial charge in [0.15, 0.2) is 10.9 Å². The number of hydrogen-bond donors (Lipinski definition) is 1. The molecule has 4 nitrogen and oxygen atoms in total. The van der Waals surface area contributed by atoms with Crippen LogP contribution in [0.5, 0.6) is 5.75 Å². The molecule has 1 heterocycles. The van der Waals surface area contributed by atoms with E-state index in [9.17, 15) is 4.79 Å². The Balaban J connectivity index is 1.48. The van der Waals surface area contributed by atoms with Crippen LogP contribution in [0, 0.1) is 0 Å². The summed E-state index contributed by atoms with van der Waals surface area (Å²) in [6.07, 6.45) is 2.69. The number of thioether (sulfide) groups is 1. The van der Waals surface area contributed by atoms with Crippen LogP contribution >= 0.6 is 46.6 Å². The highest BCUT2D eigenvalue weighted by Gasteiger charge is 2.24. The molecule has 0 aliphatic carbocycles. The second kappa shape index (κ2) is 10.7. The highest BCUT2D eigenvalue weighted by atomic mass is 35.5. The molecule has 1 aliphatic rings. The zero-order valence-corrected chi connectivity index (χ0v) is 20.7. The van der Waals surface area contributed by atoms with E-state index in [1.165, 1.54) is 17.3 Å². The molecule has 3 aromatic rings. The quantitative estimate of drug-likeness (QED) is 0.341. The third-order valence-electron chi connectivity index (χ3n) is 4.84. The molecule has 1 amide bonds. The maximum absolute atomic E-state index is 12.4. The largest absolute Gasteiger partial charge is 0.486 e. The minimum absolute atomic E-state index is 0.223. The van der Waals surface area contributed by atoms with Crippen molar-refractivity contribution in [2.45, 2.75) is 20.0 Å². The van der Waals surface area contributed by atoms with E-state index < -0.39 is 0 Å². The van der Waals surface area contributed by atoms with Crippen LogP contribution in [0.15, 0.2) is 70.6 Å². The van der Waals surface area contributed by atoms with Crippen LogP contribution in [0.1, 0.15) is 23.6 Å². The lowest BCUT2D eigenvalue weighted by molar-refractivity contribution is -0.115. The zero-order chi connectivity index (χ0) is 23.4. The highest BCUT2D eigenvalue weighted by molar-refractivity contribution is 8.18. The van der Waals surface area contributed by atoms with Crippen molar-refractivity contribution in [2.75, 3.05) is 0 Å². The van der Waals surface area contributed by atoms with Crippen LogP contribution in [0.25, 0.3) is 6.08 Å². The second-order valence-corrected chi connectivity index (χ2v) is 9.51. The van der Waals surface area contributed by atoms with Crippen LogP contribution in [-0.2, 0) is 17.8 Å². The summed E-state index contributed by atoms with van der Waals surface area (Å²) >= 11 is 20.0. The average molecular weight is 518 g/mol. The predicted molar refractivity (Wildman–Crippen MR) is 139 cm³/mol. The van der Waals surface area contributed by atoms with Crippen LogP contribution in [0.4, 0.5) is 5.69 Å². The van der Waals surface area contributed by atoms with Gasteiger partial charge >= 0.3 is 0 Å². The van der Waals surface area contributed by atoms with Gasteiger partial charge in [-0.05, 0) is 77.3 Å². The van der Waals surface area contributed by atoms with Gasteiger partial charge < -0.3 is 10.1 Å². The Morgan fingerprint density at radius 3 is 2.24 bits per heavy atom. The van der Waals surface area contributed by atoms with Crippen molar-refractivity contribution in [1.82, 2.24) is 5.32 Å². The first-order valence-corrected chi connectivity index (χ1v) is 12.1. The topological polar surface area (TPSA) is 50.7 Å². The lowest BCUT2D eigenvalue weighted by Crippen LogP contribution is -2.19. The molecular formula is C25H19Cl3N2O2S. The molecule has 4 rings (SSSR count). The van der Waals surface area contributed by atoms with Crippen molar-refractivity contribution in [2.24, 2.45) is 4.99 Å². The van der Waals surface area contributed by atoms with Gasteiger partial charge in [-0.15, -0.1) is 0 Å². The van der Waals surface area contributed by atoms with Crippen molar-refractivity contribution >= 4 is 69.4 Å². The Morgan fingerprint density at radius 2 is 1.61 bits per heavy atom. The maximum Gasteiger partial charge on any atom is 0.264 e. The lowest BCUT2D eigenvalue weighted by atomic mass is 10.2. The van der Waals surface area contributed by atoms with Crippen LogP contribution < -0.4 is 10.1 Å². The van der Waals surface area contributed by atoms with Gasteiger partial charge in [-0.2, -0.15) is 0 Å². The minimum Gasteiger partial charge on any atom is -0.486 e. The lowest BCUT2D eigenvalue weighted by Gasteiger charge is -2.11. The number of benzene rings is 3. The van der Waals surface area contributed by atoms with Gasteiger partial charge in [0.25, 0.3) is 5.91 Å².